The van der Waals surface area contributed by atoms with Crippen LogP contribution in [0.15, 0.2) is 0 Å². The molecule has 0 spiro atoms. The summed E-state index contributed by atoms with van der Waals surface area (Å²) in [6.07, 6.45) is 0.471. The highest BCUT2D eigenvalue weighted by Gasteiger charge is 2.35. The molecule has 0 aliphatic heterocycles. The molecule has 0 radical (unpaired) electrons. The molecular formula is C10H17NO2. The topological polar surface area (TPSA) is 50.1 Å². The van der Waals surface area contributed by atoms with E-state index < -0.39 is 17.0 Å². The SMILES string of the molecule is CCC(C)(C#N)C(=O)OC(C)(C)C. The average molecular weight is 183 g/mol. The van der Waals surface area contributed by atoms with Crippen LogP contribution in [0.5, 0.6) is 0 Å². The van der Waals surface area contributed by atoms with Crippen LogP contribution in [0.25, 0.3) is 0 Å². The van der Waals surface area contributed by atoms with Crippen LogP contribution in [0.3, 0.4) is 0 Å². The molecule has 0 fully saturated rings. The highest BCUT2D eigenvalue weighted by molar-refractivity contribution is 5.79. The molecule has 0 aliphatic rings. The van der Waals surface area contributed by atoms with Gasteiger partial charge in [-0.2, -0.15) is 5.26 Å². The van der Waals surface area contributed by atoms with Gasteiger partial charge in [0.2, 0.25) is 0 Å². The van der Waals surface area contributed by atoms with E-state index in [1.54, 1.807) is 34.6 Å². The van der Waals surface area contributed by atoms with Crippen molar-refractivity contribution in [3.05, 3.63) is 0 Å². The maximum Gasteiger partial charge on any atom is 0.326 e. The summed E-state index contributed by atoms with van der Waals surface area (Å²) in [5, 5.41) is 8.80. The highest BCUT2D eigenvalue weighted by atomic mass is 16.6. The standard InChI is InChI=1S/C10H17NO2/c1-6-10(5,7-11)8(12)13-9(2,3)4/h6H2,1-5H3. The van der Waals surface area contributed by atoms with Gasteiger partial charge in [-0.15, -0.1) is 0 Å². The summed E-state index contributed by atoms with van der Waals surface area (Å²) in [7, 11) is 0. The lowest BCUT2D eigenvalue weighted by Gasteiger charge is -2.25. The normalized spacial score (nSPS) is 15.7. The van der Waals surface area contributed by atoms with Gasteiger partial charge in [-0.1, -0.05) is 6.92 Å². The van der Waals surface area contributed by atoms with Crippen LogP contribution in [-0.2, 0) is 9.53 Å². The Morgan fingerprint density at radius 3 is 2.08 bits per heavy atom. The molecule has 0 aromatic rings. The van der Waals surface area contributed by atoms with E-state index in [2.05, 4.69) is 0 Å². The second-order valence-corrected chi connectivity index (χ2v) is 4.30. The molecule has 74 valence electrons. The minimum absolute atomic E-state index is 0.440. The van der Waals surface area contributed by atoms with Crippen molar-refractivity contribution >= 4 is 5.97 Å². The van der Waals surface area contributed by atoms with Gasteiger partial charge in [-0.3, -0.25) is 4.79 Å². The maximum atomic E-state index is 11.5. The molecule has 0 saturated heterocycles. The van der Waals surface area contributed by atoms with Gasteiger partial charge in [0.1, 0.15) is 5.60 Å². The van der Waals surface area contributed by atoms with Crippen molar-refractivity contribution < 1.29 is 9.53 Å². The molecule has 0 saturated carbocycles. The fourth-order valence-electron chi connectivity index (χ4n) is 0.660. The molecule has 3 nitrogen and oxygen atoms in total. The third kappa shape index (κ3) is 3.45. The zero-order chi connectivity index (χ0) is 10.7. The van der Waals surface area contributed by atoms with Crippen LogP contribution in [0.1, 0.15) is 41.0 Å². The summed E-state index contributed by atoms with van der Waals surface area (Å²) in [5.41, 5.74) is -1.53. The summed E-state index contributed by atoms with van der Waals surface area (Å²) in [6, 6.07) is 1.98. The Morgan fingerprint density at radius 2 is 1.85 bits per heavy atom. The van der Waals surface area contributed by atoms with E-state index in [0.717, 1.165) is 0 Å². The number of esters is 1. The van der Waals surface area contributed by atoms with E-state index in [1.165, 1.54) is 0 Å². The fourth-order valence-corrected chi connectivity index (χ4v) is 0.660. The highest BCUT2D eigenvalue weighted by Crippen LogP contribution is 2.24. The third-order valence-electron chi connectivity index (χ3n) is 1.80. The lowest BCUT2D eigenvalue weighted by molar-refractivity contribution is -0.163. The van der Waals surface area contributed by atoms with Crippen LogP contribution in [0.2, 0.25) is 0 Å². The smallest absolute Gasteiger partial charge is 0.326 e. The number of ether oxygens (including phenoxy) is 1. The van der Waals surface area contributed by atoms with Gasteiger partial charge in [0, 0.05) is 0 Å². The van der Waals surface area contributed by atoms with Crippen molar-refractivity contribution in [2.45, 2.75) is 46.6 Å². The molecule has 0 aromatic heterocycles. The predicted octanol–water partition coefficient (Wildman–Crippen LogP) is 2.27. The number of hydrogen-bond acceptors (Lipinski definition) is 3. The summed E-state index contributed by atoms with van der Waals surface area (Å²) in [5.74, 6) is -0.440. The van der Waals surface area contributed by atoms with Crippen LogP contribution in [0.4, 0.5) is 0 Å². The Kier molecular flexibility index (Phi) is 3.48. The molecule has 0 N–H and O–H groups in total. The number of nitriles is 1. The van der Waals surface area contributed by atoms with Gasteiger partial charge >= 0.3 is 5.97 Å². The lowest BCUT2D eigenvalue weighted by Crippen LogP contribution is -2.34. The first-order chi connectivity index (χ1) is 5.75. The van der Waals surface area contributed by atoms with Gasteiger partial charge in [-0.25, -0.2) is 0 Å². The van der Waals surface area contributed by atoms with E-state index in [-0.39, 0.29) is 0 Å². The summed E-state index contributed by atoms with van der Waals surface area (Å²) < 4.78 is 5.12. The minimum atomic E-state index is -1.01. The Bertz CT molecular complexity index is 234. The maximum absolute atomic E-state index is 11.5. The predicted molar refractivity (Wildman–Crippen MR) is 49.9 cm³/mol. The molecule has 0 aromatic carbocycles. The van der Waals surface area contributed by atoms with Crippen molar-refractivity contribution in [3.8, 4) is 6.07 Å². The van der Waals surface area contributed by atoms with Crippen molar-refractivity contribution in [3.63, 3.8) is 0 Å². The molecule has 0 rings (SSSR count). The van der Waals surface area contributed by atoms with E-state index in [9.17, 15) is 4.79 Å². The van der Waals surface area contributed by atoms with E-state index in [0.29, 0.717) is 6.42 Å². The zero-order valence-corrected chi connectivity index (χ0v) is 8.97. The van der Waals surface area contributed by atoms with Gasteiger partial charge in [0.15, 0.2) is 5.41 Å². The first-order valence-corrected chi connectivity index (χ1v) is 4.40. The Balaban J connectivity index is 4.53. The second kappa shape index (κ2) is 3.78. The molecule has 0 aliphatic carbocycles. The molecule has 0 bridgehead atoms. The molecule has 1 unspecified atom stereocenters. The molecule has 0 heterocycles. The Morgan fingerprint density at radius 1 is 1.38 bits per heavy atom. The Hall–Kier alpha value is -1.04. The van der Waals surface area contributed by atoms with Gasteiger partial charge in [0.25, 0.3) is 0 Å². The van der Waals surface area contributed by atoms with E-state index in [1.807, 2.05) is 6.07 Å². The molecule has 0 amide bonds. The number of hydrogen-bond donors (Lipinski definition) is 0. The van der Waals surface area contributed by atoms with Crippen LogP contribution in [0, 0.1) is 16.7 Å². The minimum Gasteiger partial charge on any atom is -0.459 e. The van der Waals surface area contributed by atoms with E-state index in [4.69, 9.17) is 10.00 Å². The largest absolute Gasteiger partial charge is 0.459 e. The van der Waals surface area contributed by atoms with Crippen molar-refractivity contribution in [1.82, 2.24) is 0 Å². The summed E-state index contributed by atoms with van der Waals surface area (Å²) in [6.45, 7) is 8.77. The second-order valence-electron chi connectivity index (χ2n) is 4.30. The van der Waals surface area contributed by atoms with Crippen molar-refractivity contribution in [2.75, 3.05) is 0 Å². The zero-order valence-electron chi connectivity index (χ0n) is 8.97. The number of carbonyl (C=O) groups is 1. The third-order valence-corrected chi connectivity index (χ3v) is 1.80. The van der Waals surface area contributed by atoms with Gasteiger partial charge in [-0.05, 0) is 34.1 Å². The van der Waals surface area contributed by atoms with Crippen LogP contribution in [-0.4, -0.2) is 11.6 Å². The van der Waals surface area contributed by atoms with Gasteiger partial charge < -0.3 is 4.74 Å². The molecule has 3 heteroatoms. The van der Waals surface area contributed by atoms with Gasteiger partial charge in [0.05, 0.1) is 6.07 Å². The van der Waals surface area contributed by atoms with Crippen molar-refractivity contribution in [2.24, 2.45) is 5.41 Å². The fraction of sp³-hybridized carbons (Fsp3) is 0.800. The molecular weight excluding hydrogens is 166 g/mol. The number of rotatable bonds is 2. The first kappa shape index (κ1) is 12.0. The first-order valence-electron chi connectivity index (χ1n) is 4.40. The van der Waals surface area contributed by atoms with Crippen LogP contribution >= 0.6 is 0 Å². The molecule has 13 heavy (non-hydrogen) atoms. The van der Waals surface area contributed by atoms with Crippen LogP contribution < -0.4 is 0 Å². The monoisotopic (exact) mass is 183 g/mol. The number of nitrogens with zero attached hydrogens (tertiary/aromatic N) is 1. The van der Waals surface area contributed by atoms with Crippen molar-refractivity contribution in [1.29, 1.82) is 5.26 Å². The Labute approximate surface area is 79.7 Å². The lowest BCUT2D eigenvalue weighted by atomic mass is 9.89. The summed E-state index contributed by atoms with van der Waals surface area (Å²) >= 11 is 0. The summed E-state index contributed by atoms with van der Waals surface area (Å²) in [4.78, 5) is 11.5. The van der Waals surface area contributed by atoms with E-state index >= 15 is 0 Å². The average Bonchev–Trinajstić information content (AvgIpc) is 2.00. The molecule has 1 atom stereocenters. The quantitative estimate of drug-likeness (QED) is 0.617. The number of carbonyl (C=O) groups excluding carboxylic acids is 1.